The summed E-state index contributed by atoms with van der Waals surface area (Å²) in [6.07, 6.45) is 22.3. The molecule has 0 aromatic carbocycles. The van der Waals surface area contributed by atoms with E-state index in [9.17, 15) is 0 Å². The second-order valence-corrected chi connectivity index (χ2v) is 8.93. The molecule has 1 heteroatoms. The molecule has 0 bridgehead atoms. The molecule has 0 atom stereocenters. The number of ether oxygens (including phenoxy) is 1. The van der Waals surface area contributed by atoms with Gasteiger partial charge in [0.05, 0.1) is 0 Å². The lowest BCUT2D eigenvalue weighted by Crippen LogP contribution is -1.97. The highest BCUT2D eigenvalue weighted by atomic mass is 16.5. The van der Waals surface area contributed by atoms with Gasteiger partial charge in [-0.15, -0.1) is 0 Å². The molecule has 0 aliphatic heterocycles. The Hall–Kier alpha value is -0.0400. The number of hydrogen-bond acceptors (Lipinski definition) is 1. The molecule has 25 heavy (non-hydrogen) atoms. The van der Waals surface area contributed by atoms with Crippen LogP contribution in [0.15, 0.2) is 0 Å². The van der Waals surface area contributed by atoms with Crippen LogP contribution in [0.25, 0.3) is 0 Å². The summed E-state index contributed by atoms with van der Waals surface area (Å²) in [7, 11) is 0. The first kappa shape index (κ1) is 25.0. The van der Waals surface area contributed by atoms with Gasteiger partial charge in [0, 0.05) is 13.2 Å². The van der Waals surface area contributed by atoms with Crippen LogP contribution in [0.1, 0.15) is 130 Å². The molecular weight excluding hydrogens is 304 g/mol. The van der Waals surface area contributed by atoms with Gasteiger partial charge in [0.2, 0.25) is 0 Å². The molecule has 0 amide bonds. The maximum Gasteiger partial charge on any atom is 0.0466 e. The number of unbranched alkanes of at least 4 members (excludes halogenated alkanes) is 12. The third-order valence-electron chi connectivity index (χ3n) is 5.14. The largest absolute Gasteiger partial charge is 0.381 e. The summed E-state index contributed by atoms with van der Waals surface area (Å²) in [5.41, 5.74) is 0. The normalized spacial score (nSPS) is 11.8. The zero-order valence-corrected chi connectivity index (χ0v) is 18.3. The van der Waals surface area contributed by atoms with Crippen LogP contribution in [0.5, 0.6) is 0 Å². The summed E-state index contributed by atoms with van der Waals surface area (Å²) in [5, 5.41) is 0. The molecule has 1 nitrogen and oxygen atoms in total. The average molecular weight is 355 g/mol. The molecule has 0 rings (SSSR count). The molecule has 0 N–H and O–H groups in total. The van der Waals surface area contributed by atoms with E-state index in [2.05, 4.69) is 27.7 Å². The third-order valence-corrected chi connectivity index (χ3v) is 5.14. The Bertz CT molecular complexity index is 210. The van der Waals surface area contributed by atoms with Crippen molar-refractivity contribution in [2.24, 2.45) is 11.8 Å². The fraction of sp³-hybridized carbons (Fsp3) is 1.00. The van der Waals surface area contributed by atoms with Gasteiger partial charge in [0.25, 0.3) is 0 Å². The first-order chi connectivity index (χ1) is 12.1. The predicted octanol–water partition coefficient (Wildman–Crippen LogP) is 8.56. The highest BCUT2D eigenvalue weighted by Gasteiger charge is 1.97. The van der Waals surface area contributed by atoms with E-state index in [1.165, 1.54) is 103 Å². The maximum atomic E-state index is 5.78. The molecule has 0 radical (unpaired) electrons. The van der Waals surface area contributed by atoms with Crippen LogP contribution in [0.3, 0.4) is 0 Å². The smallest absolute Gasteiger partial charge is 0.0466 e. The van der Waals surface area contributed by atoms with E-state index in [4.69, 9.17) is 4.74 Å². The summed E-state index contributed by atoms with van der Waals surface area (Å²) in [4.78, 5) is 0. The van der Waals surface area contributed by atoms with Crippen molar-refractivity contribution >= 4 is 0 Å². The van der Waals surface area contributed by atoms with Gasteiger partial charge in [-0.2, -0.15) is 0 Å². The topological polar surface area (TPSA) is 9.23 Å². The van der Waals surface area contributed by atoms with Gasteiger partial charge in [0.1, 0.15) is 0 Å². The fourth-order valence-electron chi connectivity index (χ4n) is 3.38. The van der Waals surface area contributed by atoms with Gasteiger partial charge < -0.3 is 4.74 Å². The van der Waals surface area contributed by atoms with Gasteiger partial charge in [-0.3, -0.25) is 0 Å². The van der Waals surface area contributed by atoms with Gasteiger partial charge in [0.15, 0.2) is 0 Å². The monoisotopic (exact) mass is 354 g/mol. The molecule has 0 aliphatic rings. The Morgan fingerprint density at radius 1 is 0.400 bits per heavy atom. The molecule has 0 aromatic rings. The zero-order chi connectivity index (χ0) is 18.6. The summed E-state index contributed by atoms with van der Waals surface area (Å²) in [5.74, 6) is 1.76. The van der Waals surface area contributed by atoms with E-state index in [1.54, 1.807) is 0 Å². The van der Waals surface area contributed by atoms with Crippen LogP contribution in [0.4, 0.5) is 0 Å². The first-order valence-electron chi connectivity index (χ1n) is 11.7. The van der Waals surface area contributed by atoms with Crippen LogP contribution in [-0.2, 0) is 4.74 Å². The van der Waals surface area contributed by atoms with Crippen LogP contribution in [-0.4, -0.2) is 13.2 Å². The summed E-state index contributed by atoms with van der Waals surface area (Å²) >= 11 is 0. The van der Waals surface area contributed by atoms with Crippen LogP contribution < -0.4 is 0 Å². The minimum Gasteiger partial charge on any atom is -0.381 e. The molecular formula is C24H50O. The molecule has 0 fully saturated rings. The number of hydrogen-bond donors (Lipinski definition) is 0. The first-order valence-corrected chi connectivity index (χ1v) is 11.7. The minimum absolute atomic E-state index is 0.881. The molecule has 0 saturated carbocycles. The van der Waals surface area contributed by atoms with Gasteiger partial charge >= 0.3 is 0 Å². The molecule has 0 spiro atoms. The highest BCUT2D eigenvalue weighted by Crippen LogP contribution is 2.13. The van der Waals surface area contributed by atoms with Crippen molar-refractivity contribution in [3.8, 4) is 0 Å². The molecule has 0 heterocycles. The van der Waals surface area contributed by atoms with Crippen molar-refractivity contribution in [3.05, 3.63) is 0 Å². The highest BCUT2D eigenvalue weighted by molar-refractivity contribution is 4.51. The van der Waals surface area contributed by atoms with Gasteiger partial charge in [-0.05, 0) is 24.7 Å². The van der Waals surface area contributed by atoms with Crippen molar-refractivity contribution in [2.45, 2.75) is 130 Å². The summed E-state index contributed by atoms with van der Waals surface area (Å²) < 4.78 is 5.78. The van der Waals surface area contributed by atoms with E-state index in [1.807, 2.05) is 0 Å². The van der Waals surface area contributed by atoms with Crippen molar-refractivity contribution in [3.63, 3.8) is 0 Å². The molecule has 0 aromatic heterocycles. The van der Waals surface area contributed by atoms with E-state index in [0.29, 0.717) is 0 Å². The van der Waals surface area contributed by atoms with Crippen LogP contribution in [0, 0.1) is 11.8 Å². The Balaban J connectivity index is 2.98. The Morgan fingerprint density at radius 3 is 1.00 bits per heavy atom. The van der Waals surface area contributed by atoms with E-state index in [-0.39, 0.29) is 0 Å². The fourth-order valence-corrected chi connectivity index (χ4v) is 3.38. The lowest BCUT2D eigenvalue weighted by molar-refractivity contribution is 0.125. The third kappa shape index (κ3) is 24.0. The van der Waals surface area contributed by atoms with Crippen LogP contribution in [0.2, 0.25) is 0 Å². The molecule has 152 valence electrons. The molecule has 0 saturated heterocycles. The lowest BCUT2D eigenvalue weighted by atomic mass is 10.0. The zero-order valence-electron chi connectivity index (χ0n) is 18.3. The standard InChI is InChI=1S/C24H50O/c1-23(2)19-15-11-7-5-9-13-17-21-25-22-18-14-10-6-8-12-16-20-24(3)4/h23-24H,5-22H2,1-4H3. The van der Waals surface area contributed by atoms with Crippen molar-refractivity contribution < 1.29 is 4.74 Å². The second kappa shape index (κ2) is 20.3. The van der Waals surface area contributed by atoms with Crippen molar-refractivity contribution in [1.82, 2.24) is 0 Å². The number of rotatable bonds is 20. The predicted molar refractivity (Wildman–Crippen MR) is 114 cm³/mol. The Morgan fingerprint density at radius 2 is 0.680 bits per heavy atom. The average Bonchev–Trinajstić information content (AvgIpc) is 2.56. The van der Waals surface area contributed by atoms with Crippen molar-refractivity contribution in [2.75, 3.05) is 13.2 Å². The molecule has 0 aliphatic carbocycles. The van der Waals surface area contributed by atoms with E-state index >= 15 is 0 Å². The summed E-state index contributed by atoms with van der Waals surface area (Å²) in [6, 6.07) is 0. The quantitative estimate of drug-likeness (QED) is 0.199. The molecule has 0 unspecified atom stereocenters. The minimum atomic E-state index is 0.881. The maximum absolute atomic E-state index is 5.78. The second-order valence-electron chi connectivity index (χ2n) is 8.93. The van der Waals surface area contributed by atoms with Crippen LogP contribution >= 0.6 is 0 Å². The van der Waals surface area contributed by atoms with Crippen molar-refractivity contribution in [1.29, 1.82) is 0 Å². The van der Waals surface area contributed by atoms with E-state index < -0.39 is 0 Å². The van der Waals surface area contributed by atoms with Gasteiger partial charge in [-0.25, -0.2) is 0 Å². The van der Waals surface area contributed by atoms with Gasteiger partial charge in [-0.1, -0.05) is 118 Å². The Labute approximate surface area is 160 Å². The SMILES string of the molecule is CC(C)CCCCCCCCCOCCCCCCCCCC(C)C. The Kier molecular flexibility index (Phi) is 20.2. The summed E-state index contributed by atoms with van der Waals surface area (Å²) in [6.45, 7) is 11.3. The van der Waals surface area contributed by atoms with E-state index in [0.717, 1.165) is 25.0 Å². The lowest BCUT2D eigenvalue weighted by Gasteiger charge is -2.06.